The fourth-order valence-corrected chi connectivity index (χ4v) is 1.88. The zero-order valence-corrected chi connectivity index (χ0v) is 8.23. The maximum absolute atomic E-state index is 5.19. The van der Waals surface area contributed by atoms with Crippen molar-refractivity contribution in [3.63, 3.8) is 0 Å². The van der Waals surface area contributed by atoms with E-state index in [9.17, 15) is 0 Å². The average Bonchev–Trinajstić information content (AvgIpc) is 2.97. The van der Waals surface area contributed by atoms with Crippen molar-refractivity contribution >= 4 is 5.52 Å². The minimum atomic E-state index is 0.820. The van der Waals surface area contributed by atoms with Crippen LogP contribution < -0.4 is 4.74 Å². The van der Waals surface area contributed by atoms with Gasteiger partial charge in [-0.15, -0.1) is 0 Å². The first kappa shape index (κ1) is 7.92. The number of rotatable bonds is 2. The third kappa shape index (κ3) is 1.18. The summed E-state index contributed by atoms with van der Waals surface area (Å²) in [5.41, 5.74) is 2.70. The summed E-state index contributed by atoms with van der Waals surface area (Å²) in [6, 6.07) is 6.33. The van der Waals surface area contributed by atoms with Crippen LogP contribution in [0.3, 0.4) is 0 Å². The van der Waals surface area contributed by atoms with Crippen LogP contribution >= 0.6 is 0 Å². The highest BCUT2D eigenvalue weighted by Crippen LogP contribution is 2.40. The van der Waals surface area contributed by atoms with Gasteiger partial charge >= 0.3 is 0 Å². The molecule has 2 aromatic rings. The molecule has 0 N–H and O–H groups in total. The monoisotopic (exact) mass is 187 g/mol. The topological polar surface area (TPSA) is 13.6 Å². The summed E-state index contributed by atoms with van der Waals surface area (Å²) >= 11 is 0. The second kappa shape index (κ2) is 2.77. The molecule has 1 fully saturated rings. The van der Waals surface area contributed by atoms with Crippen molar-refractivity contribution in [2.75, 3.05) is 7.11 Å². The summed E-state index contributed by atoms with van der Waals surface area (Å²) in [5.74, 6) is 1.75. The van der Waals surface area contributed by atoms with E-state index in [0.29, 0.717) is 0 Å². The summed E-state index contributed by atoms with van der Waals surface area (Å²) in [7, 11) is 1.70. The third-order valence-electron chi connectivity index (χ3n) is 2.87. The molecule has 2 nitrogen and oxygen atoms in total. The largest absolute Gasteiger partial charge is 0.497 e. The molecule has 2 aromatic heterocycles. The molecular formula is C12H13NO. The van der Waals surface area contributed by atoms with Crippen LogP contribution in [0.4, 0.5) is 0 Å². The van der Waals surface area contributed by atoms with Gasteiger partial charge in [0.05, 0.1) is 7.11 Å². The summed E-state index contributed by atoms with van der Waals surface area (Å²) < 4.78 is 7.36. The van der Waals surface area contributed by atoms with Crippen molar-refractivity contribution < 1.29 is 4.74 Å². The van der Waals surface area contributed by atoms with Crippen molar-refractivity contribution in [2.45, 2.75) is 18.8 Å². The Morgan fingerprint density at radius 2 is 2.21 bits per heavy atom. The normalized spacial score (nSPS) is 16.1. The number of ether oxygens (including phenoxy) is 1. The number of fused-ring (bicyclic) bond motifs is 1. The first-order valence-electron chi connectivity index (χ1n) is 5.02. The van der Waals surface area contributed by atoms with Crippen molar-refractivity contribution in [1.82, 2.24) is 4.40 Å². The molecule has 0 bridgehead atoms. The van der Waals surface area contributed by atoms with Crippen molar-refractivity contribution in [3.05, 3.63) is 36.2 Å². The Labute approximate surface area is 83.1 Å². The number of nitrogens with zero attached hydrogens (tertiary/aromatic N) is 1. The Kier molecular flexibility index (Phi) is 1.57. The molecule has 0 aromatic carbocycles. The molecule has 0 aliphatic heterocycles. The van der Waals surface area contributed by atoms with Gasteiger partial charge in [-0.2, -0.15) is 0 Å². The minimum Gasteiger partial charge on any atom is -0.497 e. The predicted molar refractivity (Wildman–Crippen MR) is 55.9 cm³/mol. The van der Waals surface area contributed by atoms with E-state index in [-0.39, 0.29) is 0 Å². The number of pyridine rings is 1. The minimum absolute atomic E-state index is 0.820. The van der Waals surface area contributed by atoms with Crippen LogP contribution in [-0.2, 0) is 0 Å². The molecule has 0 atom stereocenters. The molecule has 0 amide bonds. The standard InChI is InChI=1S/C12H13NO/c1-14-12-4-5-13-8-10(9-2-3-9)6-11(13)7-12/h4-9H,2-3H2,1H3. The Hall–Kier alpha value is -1.44. The van der Waals surface area contributed by atoms with E-state index in [4.69, 9.17) is 4.74 Å². The summed E-state index contributed by atoms with van der Waals surface area (Å²) in [5, 5.41) is 0. The van der Waals surface area contributed by atoms with Gasteiger partial charge in [0.15, 0.2) is 0 Å². The smallest absolute Gasteiger partial charge is 0.122 e. The van der Waals surface area contributed by atoms with Crippen LogP contribution in [0, 0.1) is 0 Å². The van der Waals surface area contributed by atoms with E-state index in [1.54, 1.807) is 7.11 Å². The highest BCUT2D eigenvalue weighted by atomic mass is 16.5. The Morgan fingerprint density at radius 3 is 2.93 bits per heavy atom. The molecule has 1 aliphatic rings. The molecule has 0 saturated heterocycles. The van der Waals surface area contributed by atoms with E-state index in [2.05, 4.69) is 28.9 Å². The summed E-state index contributed by atoms with van der Waals surface area (Å²) in [6.07, 6.45) is 6.99. The maximum atomic E-state index is 5.19. The first-order valence-corrected chi connectivity index (χ1v) is 5.02. The summed E-state index contributed by atoms with van der Waals surface area (Å²) in [4.78, 5) is 0. The van der Waals surface area contributed by atoms with Gasteiger partial charge in [0.2, 0.25) is 0 Å². The SMILES string of the molecule is COc1ccn2cc(C3CC3)cc2c1. The molecule has 0 unspecified atom stereocenters. The number of methoxy groups -OCH3 is 1. The molecule has 72 valence electrons. The predicted octanol–water partition coefficient (Wildman–Crippen LogP) is 2.83. The fourth-order valence-electron chi connectivity index (χ4n) is 1.88. The van der Waals surface area contributed by atoms with Crippen molar-refractivity contribution in [3.8, 4) is 5.75 Å². The van der Waals surface area contributed by atoms with Gasteiger partial charge < -0.3 is 9.14 Å². The molecule has 0 radical (unpaired) electrons. The second-order valence-electron chi connectivity index (χ2n) is 3.95. The van der Waals surface area contributed by atoms with Gasteiger partial charge in [0.25, 0.3) is 0 Å². The number of hydrogen-bond donors (Lipinski definition) is 0. The van der Waals surface area contributed by atoms with Crippen molar-refractivity contribution in [2.24, 2.45) is 0 Å². The van der Waals surface area contributed by atoms with E-state index < -0.39 is 0 Å². The summed E-state index contributed by atoms with van der Waals surface area (Å²) in [6.45, 7) is 0. The van der Waals surface area contributed by atoms with Crippen LogP contribution in [0.2, 0.25) is 0 Å². The molecule has 3 rings (SSSR count). The van der Waals surface area contributed by atoms with Gasteiger partial charge in [-0.1, -0.05) is 0 Å². The van der Waals surface area contributed by atoms with E-state index in [0.717, 1.165) is 11.7 Å². The zero-order valence-electron chi connectivity index (χ0n) is 8.23. The number of aromatic nitrogens is 1. The molecule has 14 heavy (non-hydrogen) atoms. The Balaban J connectivity index is 2.12. The highest BCUT2D eigenvalue weighted by molar-refractivity contribution is 5.55. The molecular weight excluding hydrogens is 174 g/mol. The molecule has 1 saturated carbocycles. The fraction of sp³-hybridized carbons (Fsp3) is 0.333. The van der Waals surface area contributed by atoms with E-state index in [1.807, 2.05) is 6.07 Å². The van der Waals surface area contributed by atoms with Crippen LogP contribution in [0.1, 0.15) is 24.3 Å². The van der Waals surface area contributed by atoms with E-state index >= 15 is 0 Å². The lowest BCUT2D eigenvalue weighted by atomic mass is 10.2. The van der Waals surface area contributed by atoms with Gasteiger partial charge in [-0.25, -0.2) is 0 Å². The van der Waals surface area contributed by atoms with Gasteiger partial charge in [-0.05, 0) is 36.5 Å². The highest BCUT2D eigenvalue weighted by Gasteiger charge is 2.24. The second-order valence-corrected chi connectivity index (χ2v) is 3.95. The molecule has 0 spiro atoms. The third-order valence-corrected chi connectivity index (χ3v) is 2.87. The van der Waals surface area contributed by atoms with Crippen molar-refractivity contribution in [1.29, 1.82) is 0 Å². The van der Waals surface area contributed by atoms with E-state index in [1.165, 1.54) is 23.9 Å². The molecule has 2 heterocycles. The van der Waals surface area contributed by atoms with Gasteiger partial charge in [-0.3, -0.25) is 0 Å². The van der Waals surface area contributed by atoms with Crippen LogP contribution in [0.15, 0.2) is 30.6 Å². The maximum Gasteiger partial charge on any atom is 0.122 e. The lowest BCUT2D eigenvalue weighted by molar-refractivity contribution is 0.414. The lowest BCUT2D eigenvalue weighted by Gasteiger charge is -1.99. The average molecular weight is 187 g/mol. The van der Waals surface area contributed by atoms with Crippen LogP contribution in [-0.4, -0.2) is 11.5 Å². The molecule has 2 heteroatoms. The Bertz CT molecular complexity index is 468. The zero-order chi connectivity index (χ0) is 9.54. The van der Waals surface area contributed by atoms with Gasteiger partial charge in [0, 0.05) is 24.0 Å². The first-order chi connectivity index (χ1) is 6.86. The van der Waals surface area contributed by atoms with Crippen LogP contribution in [0.5, 0.6) is 5.75 Å². The van der Waals surface area contributed by atoms with Gasteiger partial charge in [0.1, 0.15) is 5.75 Å². The Morgan fingerprint density at radius 1 is 1.36 bits per heavy atom. The van der Waals surface area contributed by atoms with Crippen LogP contribution in [0.25, 0.3) is 5.52 Å². The molecule has 1 aliphatic carbocycles. The lowest BCUT2D eigenvalue weighted by Crippen LogP contribution is -1.85. The number of hydrogen-bond acceptors (Lipinski definition) is 1. The quantitative estimate of drug-likeness (QED) is 0.704.